The van der Waals surface area contributed by atoms with Gasteiger partial charge in [-0.1, -0.05) is 47.5 Å². The summed E-state index contributed by atoms with van der Waals surface area (Å²) in [6.45, 7) is 0. The Bertz CT molecular complexity index is 809. The summed E-state index contributed by atoms with van der Waals surface area (Å²) in [6.07, 6.45) is 0.735. The van der Waals surface area contributed by atoms with Gasteiger partial charge in [-0.15, -0.1) is 11.8 Å². The van der Waals surface area contributed by atoms with Gasteiger partial charge < -0.3 is 0 Å². The fourth-order valence-corrected chi connectivity index (χ4v) is 5.54. The predicted molar refractivity (Wildman–Crippen MR) is 91.3 cm³/mol. The first-order valence-corrected chi connectivity index (χ1v) is 9.89. The molecule has 0 aromatic heterocycles. The first-order chi connectivity index (χ1) is 10.5. The number of fused-ring (bicyclic) bond motifs is 1. The van der Waals surface area contributed by atoms with Gasteiger partial charge in [-0.3, -0.25) is 0 Å². The normalized spacial score (nSPS) is 18.0. The van der Waals surface area contributed by atoms with E-state index in [0.29, 0.717) is 0 Å². The van der Waals surface area contributed by atoms with Crippen LogP contribution in [-0.4, -0.2) is 14.2 Å². The number of halogens is 2. The van der Waals surface area contributed by atoms with Crippen molar-refractivity contribution in [3.8, 4) is 0 Å². The van der Waals surface area contributed by atoms with Crippen molar-refractivity contribution >= 4 is 45.0 Å². The van der Waals surface area contributed by atoms with E-state index in [4.69, 9.17) is 23.2 Å². The highest BCUT2D eigenvalue weighted by Crippen LogP contribution is 2.37. The van der Waals surface area contributed by atoms with Crippen molar-refractivity contribution in [1.29, 1.82) is 0 Å². The summed E-state index contributed by atoms with van der Waals surface area (Å²) in [4.78, 5) is 1.12. The standard InChI is InChI=1S/C15H13Cl2NO2S2/c16-11-5-3-7-14(15(11)17)22(19,20)18-12-8-9-21-13-6-2-1-4-10(12)13/h1-7,12,18H,8-9H2. The average Bonchev–Trinajstić information content (AvgIpc) is 2.50. The van der Waals surface area contributed by atoms with Gasteiger partial charge in [-0.05, 0) is 35.9 Å². The molecule has 1 unspecified atom stereocenters. The summed E-state index contributed by atoms with van der Waals surface area (Å²) >= 11 is 13.7. The third-order valence-corrected chi connectivity index (χ3v) is 7.03. The van der Waals surface area contributed by atoms with Crippen LogP contribution in [0, 0.1) is 0 Å². The van der Waals surface area contributed by atoms with E-state index < -0.39 is 10.0 Å². The zero-order valence-corrected chi connectivity index (χ0v) is 14.6. The van der Waals surface area contributed by atoms with E-state index >= 15 is 0 Å². The zero-order chi connectivity index (χ0) is 15.7. The Morgan fingerprint density at radius 2 is 1.86 bits per heavy atom. The minimum atomic E-state index is -3.73. The Kier molecular flexibility index (Phi) is 4.71. The number of rotatable bonds is 3. The summed E-state index contributed by atoms with van der Waals surface area (Å²) in [5.74, 6) is 0.869. The molecule has 1 aliphatic heterocycles. The second-order valence-electron chi connectivity index (χ2n) is 4.90. The molecule has 1 atom stereocenters. The Labute approximate surface area is 144 Å². The van der Waals surface area contributed by atoms with Crippen LogP contribution < -0.4 is 4.72 Å². The number of benzene rings is 2. The van der Waals surface area contributed by atoms with Gasteiger partial charge in [0, 0.05) is 10.9 Å². The van der Waals surface area contributed by atoms with Crippen LogP contribution in [-0.2, 0) is 10.0 Å². The lowest BCUT2D eigenvalue weighted by Crippen LogP contribution is -2.31. The first-order valence-electron chi connectivity index (χ1n) is 6.67. The van der Waals surface area contributed by atoms with E-state index in [1.807, 2.05) is 24.3 Å². The van der Waals surface area contributed by atoms with Gasteiger partial charge >= 0.3 is 0 Å². The topological polar surface area (TPSA) is 46.2 Å². The van der Waals surface area contributed by atoms with Gasteiger partial charge in [0.1, 0.15) is 4.90 Å². The molecular weight excluding hydrogens is 361 g/mol. The molecule has 0 fully saturated rings. The molecule has 1 N–H and O–H groups in total. The van der Waals surface area contributed by atoms with Gasteiger partial charge in [0.2, 0.25) is 10.0 Å². The Morgan fingerprint density at radius 3 is 2.68 bits per heavy atom. The monoisotopic (exact) mass is 373 g/mol. The predicted octanol–water partition coefficient (Wildman–Crippen LogP) is 4.51. The van der Waals surface area contributed by atoms with Gasteiger partial charge in [0.25, 0.3) is 0 Å². The van der Waals surface area contributed by atoms with E-state index in [1.165, 1.54) is 6.07 Å². The highest BCUT2D eigenvalue weighted by molar-refractivity contribution is 7.99. The third kappa shape index (κ3) is 3.14. The van der Waals surface area contributed by atoms with Gasteiger partial charge in [-0.25, -0.2) is 13.1 Å². The van der Waals surface area contributed by atoms with Crippen LogP contribution in [0.4, 0.5) is 0 Å². The van der Waals surface area contributed by atoms with Crippen molar-refractivity contribution in [2.45, 2.75) is 22.3 Å². The summed E-state index contributed by atoms with van der Waals surface area (Å²) in [5.41, 5.74) is 1.00. The molecule has 116 valence electrons. The third-order valence-electron chi connectivity index (χ3n) is 3.46. The van der Waals surface area contributed by atoms with Crippen LogP contribution in [0.5, 0.6) is 0 Å². The number of nitrogens with one attached hydrogen (secondary N) is 1. The van der Waals surface area contributed by atoms with E-state index in [0.717, 1.165) is 22.6 Å². The second-order valence-corrected chi connectivity index (χ2v) is 8.51. The lowest BCUT2D eigenvalue weighted by Gasteiger charge is -2.25. The summed E-state index contributed by atoms with van der Waals surface area (Å²) in [7, 11) is -3.73. The molecule has 0 saturated carbocycles. The van der Waals surface area contributed by atoms with Crippen LogP contribution in [0.2, 0.25) is 10.0 Å². The van der Waals surface area contributed by atoms with Crippen LogP contribution in [0.1, 0.15) is 18.0 Å². The minimum absolute atomic E-state index is 0.0115. The quantitative estimate of drug-likeness (QED) is 0.860. The van der Waals surface area contributed by atoms with E-state index in [1.54, 1.807) is 23.9 Å². The molecule has 22 heavy (non-hydrogen) atoms. The molecule has 0 spiro atoms. The molecule has 0 aliphatic carbocycles. The molecule has 0 radical (unpaired) electrons. The molecular formula is C15H13Cl2NO2S2. The van der Waals surface area contributed by atoms with E-state index in [9.17, 15) is 8.42 Å². The van der Waals surface area contributed by atoms with Crippen molar-refractivity contribution in [3.63, 3.8) is 0 Å². The minimum Gasteiger partial charge on any atom is -0.207 e. The van der Waals surface area contributed by atoms with Crippen LogP contribution in [0.3, 0.4) is 0 Å². The maximum Gasteiger partial charge on any atom is 0.242 e. The van der Waals surface area contributed by atoms with E-state index in [-0.39, 0.29) is 21.0 Å². The molecule has 3 rings (SSSR count). The first kappa shape index (κ1) is 16.1. The highest BCUT2D eigenvalue weighted by atomic mass is 35.5. The maximum atomic E-state index is 12.6. The molecule has 2 aromatic carbocycles. The van der Waals surface area contributed by atoms with Crippen molar-refractivity contribution in [3.05, 3.63) is 58.1 Å². The van der Waals surface area contributed by atoms with Crippen molar-refractivity contribution in [1.82, 2.24) is 4.72 Å². The van der Waals surface area contributed by atoms with Crippen molar-refractivity contribution < 1.29 is 8.42 Å². The van der Waals surface area contributed by atoms with Gasteiger partial charge in [-0.2, -0.15) is 0 Å². The number of hydrogen-bond acceptors (Lipinski definition) is 3. The number of sulfonamides is 1. The fourth-order valence-electron chi connectivity index (χ4n) is 2.41. The molecule has 1 heterocycles. The Hall–Kier alpha value is -0.720. The second kappa shape index (κ2) is 6.42. The van der Waals surface area contributed by atoms with Gasteiger partial charge in [0.05, 0.1) is 10.0 Å². The van der Waals surface area contributed by atoms with Crippen LogP contribution in [0.15, 0.2) is 52.3 Å². The summed E-state index contributed by atoms with van der Waals surface area (Å²) < 4.78 is 28.0. The van der Waals surface area contributed by atoms with Crippen molar-refractivity contribution in [2.24, 2.45) is 0 Å². The molecule has 2 aromatic rings. The van der Waals surface area contributed by atoms with E-state index in [2.05, 4.69) is 4.72 Å². The summed E-state index contributed by atoms with van der Waals surface area (Å²) in [5, 5.41) is 0.277. The Balaban J connectivity index is 1.95. The fraction of sp³-hybridized carbons (Fsp3) is 0.200. The van der Waals surface area contributed by atoms with Crippen LogP contribution >= 0.6 is 35.0 Å². The SMILES string of the molecule is O=S(=O)(NC1CCSc2ccccc21)c1cccc(Cl)c1Cl. The lowest BCUT2D eigenvalue weighted by molar-refractivity contribution is 0.546. The average molecular weight is 374 g/mol. The molecule has 3 nitrogen and oxygen atoms in total. The zero-order valence-electron chi connectivity index (χ0n) is 11.4. The molecule has 0 saturated heterocycles. The lowest BCUT2D eigenvalue weighted by atomic mass is 10.1. The molecule has 1 aliphatic rings. The smallest absolute Gasteiger partial charge is 0.207 e. The van der Waals surface area contributed by atoms with Crippen molar-refractivity contribution in [2.75, 3.05) is 5.75 Å². The van der Waals surface area contributed by atoms with Gasteiger partial charge in [0.15, 0.2) is 0 Å². The van der Waals surface area contributed by atoms with Crippen LogP contribution in [0.25, 0.3) is 0 Å². The number of hydrogen-bond donors (Lipinski definition) is 1. The summed E-state index contributed by atoms with van der Waals surface area (Å²) in [6, 6.07) is 12.2. The molecule has 0 amide bonds. The number of thioether (sulfide) groups is 1. The largest absolute Gasteiger partial charge is 0.242 e. The molecule has 0 bridgehead atoms. The Morgan fingerprint density at radius 1 is 1.09 bits per heavy atom. The highest BCUT2D eigenvalue weighted by Gasteiger charge is 2.27. The maximum absolute atomic E-state index is 12.6. The molecule has 7 heteroatoms.